The Morgan fingerprint density at radius 3 is 2.29 bits per heavy atom. The van der Waals surface area contributed by atoms with Crippen molar-refractivity contribution < 1.29 is 53.9 Å². The van der Waals surface area contributed by atoms with E-state index in [4.69, 9.17) is 4.74 Å². The summed E-state index contributed by atoms with van der Waals surface area (Å²) < 4.78 is 114. The van der Waals surface area contributed by atoms with Crippen molar-refractivity contribution in [3.8, 4) is 0 Å². The minimum Gasteiger partial charge on any atom is -0.444 e. The van der Waals surface area contributed by atoms with E-state index >= 15 is 0 Å². The van der Waals surface area contributed by atoms with Crippen LogP contribution in [0.3, 0.4) is 0 Å². The molecule has 0 saturated carbocycles. The Morgan fingerprint density at radius 2 is 1.69 bits per heavy atom. The van der Waals surface area contributed by atoms with Crippen LogP contribution in [-0.4, -0.2) is 83.4 Å². The quantitative estimate of drug-likeness (QED) is 0.340. The average molecular weight is 668 g/mol. The van der Waals surface area contributed by atoms with E-state index in [0.29, 0.717) is 12.1 Å². The highest BCUT2D eigenvalue weighted by Crippen LogP contribution is 2.35. The number of hydrogen-bond acceptors (Lipinski definition) is 8. The molecule has 0 spiro atoms. The number of sulfone groups is 1. The largest absolute Gasteiger partial charge is 0.444 e. The highest BCUT2D eigenvalue weighted by atomic mass is 32.2. The number of amides is 2. The summed E-state index contributed by atoms with van der Waals surface area (Å²) in [5, 5.41) is 5.08. The van der Waals surface area contributed by atoms with E-state index in [1.54, 1.807) is 20.8 Å². The Morgan fingerprint density at radius 1 is 1.07 bits per heavy atom. The maximum absolute atomic E-state index is 14.5. The third-order valence-corrected chi connectivity index (χ3v) is 8.75. The molecule has 1 aromatic carbocycles. The summed E-state index contributed by atoms with van der Waals surface area (Å²) in [6.45, 7) is 3.39. The van der Waals surface area contributed by atoms with Gasteiger partial charge in [0.1, 0.15) is 17.5 Å². The van der Waals surface area contributed by atoms with Crippen LogP contribution >= 0.6 is 0 Å². The molecule has 4 rings (SSSR count). The molecule has 248 valence electrons. The summed E-state index contributed by atoms with van der Waals surface area (Å²) in [5.74, 6) is -7.36. The van der Waals surface area contributed by atoms with Gasteiger partial charge in [-0.1, -0.05) is 0 Å². The van der Waals surface area contributed by atoms with Gasteiger partial charge >= 0.3 is 12.3 Å². The van der Waals surface area contributed by atoms with Crippen LogP contribution in [0.25, 0.3) is 0 Å². The normalized spacial score (nSPS) is 19.0. The number of imidazole rings is 1. The maximum atomic E-state index is 14.5. The lowest BCUT2D eigenvalue weighted by Crippen LogP contribution is -2.47. The van der Waals surface area contributed by atoms with Crippen molar-refractivity contribution in [2.45, 2.75) is 64.0 Å². The number of aromatic nitrogens is 2. The summed E-state index contributed by atoms with van der Waals surface area (Å²) in [6, 6.07) is -1.93. The molecule has 0 bridgehead atoms. The van der Waals surface area contributed by atoms with Gasteiger partial charge in [0.2, 0.25) is 5.82 Å². The number of benzene rings is 1. The van der Waals surface area contributed by atoms with Crippen LogP contribution in [0.4, 0.5) is 31.1 Å². The zero-order valence-electron chi connectivity index (χ0n) is 24.4. The second-order valence-corrected chi connectivity index (χ2v) is 14.1. The monoisotopic (exact) mass is 667 g/mol. The first-order valence-corrected chi connectivity index (χ1v) is 15.6. The van der Waals surface area contributed by atoms with Gasteiger partial charge < -0.3 is 24.8 Å². The molecule has 3 heterocycles. The molecule has 11 nitrogen and oxygen atoms in total. The van der Waals surface area contributed by atoms with Crippen LogP contribution in [0, 0.1) is 17.5 Å². The Balaban J connectivity index is 1.69. The molecule has 0 aliphatic carbocycles. The topological polar surface area (TPSA) is 140 Å². The maximum Gasteiger partial charge on any atom is 0.435 e. The predicted molar refractivity (Wildman–Crippen MR) is 145 cm³/mol. The number of nitrogens with one attached hydrogen (secondary N) is 2. The Kier molecular flexibility index (Phi) is 9.59. The van der Waals surface area contributed by atoms with Gasteiger partial charge in [0.25, 0.3) is 5.91 Å². The Labute approximate surface area is 254 Å². The number of carbonyl (C=O) groups is 3. The molecular weight excluding hydrogens is 636 g/mol. The standard InChI is InChI=1S/C27H31F6N5O6S/c1-26(2,3)44-25(41)35-15(8-14-9-17(29)18(30)11-16(14)28)10-21(39)19-12-34-13-20-22(27(31,32)33)36-23(38(19)20)24(40)37-4-6-45(42,43)7-5-37/h9,11,15,19,34H,4-8,10,12-13H2,1-3H3,(H,35,41). The molecule has 1 saturated heterocycles. The van der Waals surface area contributed by atoms with Crippen LogP contribution in [0.2, 0.25) is 0 Å². The number of alkyl carbamates (subject to hydrolysis) is 1. The number of Topliss-reactive ketones (excluding diaryl/α,β-unsaturated/α-hetero) is 1. The number of fused-ring (bicyclic) bond motifs is 1. The van der Waals surface area contributed by atoms with Gasteiger partial charge in [-0.2, -0.15) is 13.2 Å². The summed E-state index contributed by atoms with van der Waals surface area (Å²) in [4.78, 5) is 44.3. The van der Waals surface area contributed by atoms with Crippen molar-refractivity contribution >= 4 is 27.6 Å². The van der Waals surface area contributed by atoms with Gasteiger partial charge in [-0.05, 0) is 38.8 Å². The summed E-state index contributed by atoms with van der Waals surface area (Å²) >= 11 is 0. The first-order valence-electron chi connectivity index (χ1n) is 13.8. The number of hydrogen-bond donors (Lipinski definition) is 2. The van der Waals surface area contributed by atoms with E-state index in [1.807, 2.05) is 0 Å². The number of halogens is 6. The fraction of sp³-hybridized carbons (Fsp3) is 0.556. The van der Waals surface area contributed by atoms with Crippen LogP contribution in [0.1, 0.15) is 60.8 Å². The molecule has 45 heavy (non-hydrogen) atoms. The second-order valence-electron chi connectivity index (χ2n) is 11.8. The van der Waals surface area contributed by atoms with Gasteiger partial charge in [-0.15, -0.1) is 0 Å². The third kappa shape index (κ3) is 8.14. The summed E-state index contributed by atoms with van der Waals surface area (Å²) in [5.41, 5.74) is -3.32. The van der Waals surface area contributed by atoms with E-state index in [1.165, 1.54) is 0 Å². The molecule has 2 aliphatic heterocycles. The first-order chi connectivity index (χ1) is 20.8. The van der Waals surface area contributed by atoms with Gasteiger partial charge in [0.15, 0.2) is 32.9 Å². The molecule has 1 fully saturated rings. The van der Waals surface area contributed by atoms with Crippen molar-refractivity contribution in [3.63, 3.8) is 0 Å². The molecule has 2 aliphatic rings. The summed E-state index contributed by atoms with van der Waals surface area (Å²) in [6.07, 6.45) is -7.24. The van der Waals surface area contributed by atoms with E-state index < -0.39 is 123 Å². The molecule has 0 radical (unpaired) electrons. The summed E-state index contributed by atoms with van der Waals surface area (Å²) in [7, 11) is -3.44. The second kappa shape index (κ2) is 12.6. The molecule has 2 amide bonds. The lowest BCUT2D eigenvalue weighted by Gasteiger charge is -2.31. The Bertz CT molecular complexity index is 1590. The van der Waals surface area contributed by atoms with Gasteiger partial charge in [0.05, 0.1) is 17.2 Å². The number of alkyl halides is 3. The zero-order chi connectivity index (χ0) is 33.5. The smallest absolute Gasteiger partial charge is 0.435 e. The predicted octanol–water partition coefficient (Wildman–Crippen LogP) is 2.93. The fourth-order valence-electron chi connectivity index (χ4n) is 5.10. The lowest BCUT2D eigenvalue weighted by atomic mass is 9.96. The van der Waals surface area contributed by atoms with Crippen molar-refractivity contribution in [1.82, 2.24) is 25.1 Å². The molecule has 2 N–H and O–H groups in total. The van der Waals surface area contributed by atoms with Crippen molar-refractivity contribution in [2.24, 2.45) is 0 Å². The van der Waals surface area contributed by atoms with E-state index in [-0.39, 0.29) is 19.6 Å². The van der Waals surface area contributed by atoms with Gasteiger partial charge in [-0.3, -0.25) is 9.59 Å². The van der Waals surface area contributed by atoms with Crippen molar-refractivity contribution in [1.29, 1.82) is 0 Å². The first kappa shape index (κ1) is 34.2. The molecular formula is C27H31F6N5O6S. The number of carbonyl (C=O) groups excluding carboxylic acids is 3. The van der Waals surface area contributed by atoms with Crippen LogP contribution in [0.15, 0.2) is 12.1 Å². The molecule has 2 atom stereocenters. The fourth-order valence-corrected chi connectivity index (χ4v) is 6.30. The van der Waals surface area contributed by atoms with Crippen LogP contribution in [0.5, 0.6) is 0 Å². The highest BCUT2D eigenvalue weighted by Gasteiger charge is 2.44. The number of ether oxygens (including phenoxy) is 1. The van der Waals surface area contributed by atoms with Gasteiger partial charge in [0, 0.05) is 44.7 Å². The SMILES string of the molecule is CC(C)(C)OC(=O)NC(CC(=O)C1CNCc2c(C(F)(F)F)nc(C(=O)N3CCS(=O)(=O)CC3)n21)Cc1cc(F)c(F)cc1F. The van der Waals surface area contributed by atoms with Crippen molar-refractivity contribution in [2.75, 3.05) is 31.1 Å². The van der Waals surface area contributed by atoms with E-state index in [9.17, 15) is 49.1 Å². The molecule has 1 aromatic heterocycles. The average Bonchev–Trinajstić information content (AvgIpc) is 3.31. The van der Waals surface area contributed by atoms with Gasteiger partial charge in [-0.25, -0.2) is 31.4 Å². The molecule has 18 heteroatoms. The number of nitrogens with zero attached hydrogens (tertiary/aromatic N) is 3. The Hall–Kier alpha value is -3.67. The molecule has 2 aromatic rings. The molecule has 2 unspecified atom stereocenters. The third-order valence-electron chi connectivity index (χ3n) is 7.14. The number of rotatable bonds is 7. The van der Waals surface area contributed by atoms with Crippen molar-refractivity contribution in [3.05, 3.63) is 52.4 Å². The minimum atomic E-state index is -5.02. The number of ketones is 1. The highest BCUT2D eigenvalue weighted by molar-refractivity contribution is 7.91. The minimum absolute atomic E-state index is 0.257. The van der Waals surface area contributed by atoms with E-state index in [2.05, 4.69) is 15.6 Å². The zero-order valence-corrected chi connectivity index (χ0v) is 25.2. The van der Waals surface area contributed by atoms with Crippen LogP contribution < -0.4 is 10.6 Å². The van der Waals surface area contributed by atoms with Crippen LogP contribution in [-0.2, 0) is 38.5 Å². The lowest BCUT2D eigenvalue weighted by molar-refractivity contribution is -0.142. The van der Waals surface area contributed by atoms with E-state index in [0.717, 1.165) is 9.47 Å².